The molecule has 0 atom stereocenters. The molecule has 3 aromatic rings. The van der Waals surface area contributed by atoms with Gasteiger partial charge < -0.3 is 5.73 Å². The number of fused-ring (bicyclic) bond motifs is 1. The minimum atomic E-state index is -0.370. The van der Waals surface area contributed by atoms with E-state index in [1.165, 1.54) is 0 Å². The molecule has 2 N–H and O–H groups in total. The fraction of sp³-hybridized carbons (Fsp3) is 0.0588. The van der Waals surface area contributed by atoms with Crippen LogP contribution in [0.3, 0.4) is 0 Å². The molecule has 1 aromatic heterocycles. The minimum absolute atomic E-state index is 0.148. The third-order valence-electron chi connectivity index (χ3n) is 3.23. The number of nitrogens with two attached hydrogens (primary N) is 1. The van der Waals surface area contributed by atoms with Gasteiger partial charge in [0.05, 0.1) is 17.6 Å². The van der Waals surface area contributed by atoms with Crippen LogP contribution in [0.1, 0.15) is 5.69 Å². The Morgan fingerprint density at radius 2 is 1.70 bits per heavy atom. The molecule has 0 bridgehead atoms. The van der Waals surface area contributed by atoms with Crippen molar-refractivity contribution in [3.63, 3.8) is 0 Å². The van der Waals surface area contributed by atoms with Crippen molar-refractivity contribution in [1.82, 2.24) is 4.98 Å². The van der Waals surface area contributed by atoms with Crippen LogP contribution < -0.4 is 5.73 Å². The van der Waals surface area contributed by atoms with Crippen LogP contribution >= 0.6 is 0 Å². The molecule has 98 valence electrons. The van der Waals surface area contributed by atoms with Crippen molar-refractivity contribution in [1.29, 1.82) is 0 Å². The first kappa shape index (κ1) is 12.4. The molecule has 20 heavy (non-hydrogen) atoms. The van der Waals surface area contributed by atoms with Gasteiger partial charge in [-0.05, 0) is 17.7 Å². The van der Waals surface area contributed by atoms with Crippen molar-refractivity contribution in [2.45, 2.75) is 6.42 Å². The van der Waals surface area contributed by atoms with Gasteiger partial charge in [0, 0.05) is 10.9 Å². The SMILES string of the molecule is NC(=O)Cc1nc2ccccc2cc1-c1ccccc1. The second kappa shape index (κ2) is 5.13. The summed E-state index contributed by atoms with van der Waals surface area (Å²) < 4.78 is 0. The highest BCUT2D eigenvalue weighted by Crippen LogP contribution is 2.26. The standard InChI is InChI=1S/C17H14N2O/c18-17(20)11-16-14(12-6-2-1-3-7-12)10-13-8-4-5-9-15(13)19-16/h1-10H,11H2,(H2,18,20). The quantitative estimate of drug-likeness (QED) is 0.789. The van der Waals surface area contributed by atoms with Crippen LogP contribution in [0.2, 0.25) is 0 Å². The number of nitrogens with zero attached hydrogens (tertiary/aromatic N) is 1. The average molecular weight is 262 g/mol. The van der Waals surface area contributed by atoms with E-state index >= 15 is 0 Å². The van der Waals surface area contributed by atoms with E-state index in [2.05, 4.69) is 11.1 Å². The van der Waals surface area contributed by atoms with Gasteiger partial charge in [-0.25, -0.2) is 0 Å². The van der Waals surface area contributed by atoms with Gasteiger partial charge in [0.2, 0.25) is 5.91 Å². The molecule has 0 radical (unpaired) electrons. The Hall–Kier alpha value is -2.68. The summed E-state index contributed by atoms with van der Waals surface area (Å²) in [5, 5.41) is 1.06. The van der Waals surface area contributed by atoms with Gasteiger partial charge in [-0.1, -0.05) is 48.5 Å². The molecule has 0 saturated carbocycles. The minimum Gasteiger partial charge on any atom is -0.369 e. The predicted octanol–water partition coefficient (Wildman–Crippen LogP) is 2.93. The summed E-state index contributed by atoms with van der Waals surface area (Å²) in [6.45, 7) is 0. The van der Waals surface area contributed by atoms with Crippen LogP contribution in [0.25, 0.3) is 22.0 Å². The van der Waals surface area contributed by atoms with E-state index in [1.807, 2.05) is 54.6 Å². The molecule has 1 heterocycles. The maximum Gasteiger partial charge on any atom is 0.223 e. The molecule has 1 amide bonds. The topological polar surface area (TPSA) is 56.0 Å². The van der Waals surface area contributed by atoms with E-state index in [0.29, 0.717) is 0 Å². The summed E-state index contributed by atoms with van der Waals surface area (Å²) in [6, 6.07) is 19.9. The first-order chi connectivity index (χ1) is 9.74. The van der Waals surface area contributed by atoms with Gasteiger partial charge >= 0.3 is 0 Å². The van der Waals surface area contributed by atoms with Gasteiger partial charge in [0.1, 0.15) is 0 Å². The lowest BCUT2D eigenvalue weighted by molar-refractivity contribution is -0.117. The molecule has 3 nitrogen and oxygen atoms in total. The van der Waals surface area contributed by atoms with E-state index in [-0.39, 0.29) is 12.3 Å². The lowest BCUT2D eigenvalue weighted by Gasteiger charge is -2.10. The summed E-state index contributed by atoms with van der Waals surface area (Å²) in [4.78, 5) is 15.9. The third kappa shape index (κ3) is 2.38. The molecule has 0 saturated heterocycles. The molecular weight excluding hydrogens is 248 g/mol. The number of rotatable bonds is 3. The van der Waals surface area contributed by atoms with Crippen molar-refractivity contribution >= 4 is 16.8 Å². The van der Waals surface area contributed by atoms with Crippen molar-refractivity contribution < 1.29 is 4.79 Å². The van der Waals surface area contributed by atoms with Crippen LogP contribution in [0.5, 0.6) is 0 Å². The number of carbonyl (C=O) groups is 1. The molecule has 0 aliphatic carbocycles. The van der Waals surface area contributed by atoms with Gasteiger partial charge in [0.15, 0.2) is 0 Å². The van der Waals surface area contributed by atoms with E-state index in [4.69, 9.17) is 5.73 Å². The molecule has 2 aromatic carbocycles. The lowest BCUT2D eigenvalue weighted by atomic mass is 10.00. The fourth-order valence-corrected chi connectivity index (χ4v) is 2.32. The highest BCUT2D eigenvalue weighted by molar-refractivity contribution is 5.87. The number of amides is 1. The molecule has 0 aliphatic rings. The summed E-state index contributed by atoms with van der Waals surface area (Å²) >= 11 is 0. The Morgan fingerprint density at radius 1 is 1.00 bits per heavy atom. The molecule has 0 spiro atoms. The Morgan fingerprint density at radius 3 is 2.45 bits per heavy atom. The average Bonchev–Trinajstić information content (AvgIpc) is 2.47. The summed E-state index contributed by atoms with van der Waals surface area (Å²) in [7, 11) is 0. The molecule has 0 unspecified atom stereocenters. The first-order valence-corrected chi connectivity index (χ1v) is 6.46. The van der Waals surface area contributed by atoms with E-state index < -0.39 is 0 Å². The lowest BCUT2D eigenvalue weighted by Crippen LogP contribution is -2.15. The van der Waals surface area contributed by atoms with Gasteiger partial charge in [-0.3, -0.25) is 9.78 Å². The number of hydrogen-bond acceptors (Lipinski definition) is 2. The van der Waals surface area contributed by atoms with Crippen molar-refractivity contribution in [2.75, 3.05) is 0 Å². The van der Waals surface area contributed by atoms with Crippen LogP contribution in [-0.2, 0) is 11.2 Å². The smallest absolute Gasteiger partial charge is 0.223 e. The zero-order chi connectivity index (χ0) is 13.9. The number of carbonyl (C=O) groups excluding carboxylic acids is 1. The Balaban J connectivity index is 2.24. The second-order valence-electron chi connectivity index (χ2n) is 4.68. The van der Waals surface area contributed by atoms with Crippen LogP contribution in [0.4, 0.5) is 0 Å². The maximum absolute atomic E-state index is 11.3. The second-order valence-corrected chi connectivity index (χ2v) is 4.68. The number of hydrogen-bond donors (Lipinski definition) is 1. The first-order valence-electron chi connectivity index (χ1n) is 6.46. The van der Waals surface area contributed by atoms with E-state index in [0.717, 1.165) is 27.7 Å². The molecule has 0 aliphatic heterocycles. The highest BCUT2D eigenvalue weighted by Gasteiger charge is 2.11. The van der Waals surface area contributed by atoms with Gasteiger partial charge in [-0.2, -0.15) is 0 Å². The Bertz CT molecular complexity index is 766. The van der Waals surface area contributed by atoms with Crippen molar-refractivity contribution in [3.05, 3.63) is 66.4 Å². The van der Waals surface area contributed by atoms with Crippen molar-refractivity contribution in [3.8, 4) is 11.1 Å². The number of primary amides is 1. The summed E-state index contributed by atoms with van der Waals surface area (Å²) in [5.74, 6) is -0.370. The normalized spacial score (nSPS) is 10.6. The van der Waals surface area contributed by atoms with Crippen molar-refractivity contribution in [2.24, 2.45) is 5.73 Å². The zero-order valence-corrected chi connectivity index (χ0v) is 10.9. The van der Waals surface area contributed by atoms with E-state index in [1.54, 1.807) is 0 Å². The molecular formula is C17H14N2O. The molecule has 3 rings (SSSR count). The molecule has 3 heteroatoms. The predicted molar refractivity (Wildman–Crippen MR) is 80.1 cm³/mol. The van der Waals surface area contributed by atoms with Gasteiger partial charge in [0.25, 0.3) is 0 Å². The fourth-order valence-electron chi connectivity index (χ4n) is 2.32. The number of para-hydroxylation sites is 1. The number of benzene rings is 2. The maximum atomic E-state index is 11.3. The Labute approximate surface area is 117 Å². The highest BCUT2D eigenvalue weighted by atomic mass is 16.1. The molecule has 0 fully saturated rings. The summed E-state index contributed by atoms with van der Waals surface area (Å²) in [5.41, 5.74) is 8.94. The monoisotopic (exact) mass is 262 g/mol. The number of pyridine rings is 1. The van der Waals surface area contributed by atoms with Crippen LogP contribution in [0.15, 0.2) is 60.7 Å². The third-order valence-corrected chi connectivity index (χ3v) is 3.23. The number of aromatic nitrogens is 1. The zero-order valence-electron chi connectivity index (χ0n) is 10.9. The Kier molecular flexibility index (Phi) is 3.17. The van der Waals surface area contributed by atoms with Gasteiger partial charge in [-0.15, -0.1) is 0 Å². The van der Waals surface area contributed by atoms with E-state index in [9.17, 15) is 4.79 Å². The largest absolute Gasteiger partial charge is 0.369 e. The summed E-state index contributed by atoms with van der Waals surface area (Å²) in [6.07, 6.45) is 0.148. The van der Waals surface area contributed by atoms with Crippen LogP contribution in [-0.4, -0.2) is 10.9 Å². The van der Waals surface area contributed by atoms with Crippen LogP contribution in [0, 0.1) is 0 Å².